The van der Waals surface area contributed by atoms with Gasteiger partial charge in [-0.15, -0.1) is 0 Å². The van der Waals surface area contributed by atoms with Gasteiger partial charge in [0.05, 0.1) is 10.5 Å². The van der Waals surface area contributed by atoms with Crippen molar-refractivity contribution < 1.29 is 14.9 Å². The Morgan fingerprint density at radius 3 is 2.22 bits per heavy atom. The largest absolute Gasteiger partial charge is 0.710 e. The molecule has 18 heavy (non-hydrogen) atoms. The zero-order chi connectivity index (χ0) is 13.4. The van der Waals surface area contributed by atoms with Crippen molar-refractivity contribution in [2.45, 2.75) is 13.8 Å². The molecular formula is C11H11N3O4. The van der Waals surface area contributed by atoms with E-state index >= 15 is 0 Å². The molecule has 0 saturated heterocycles. The van der Waals surface area contributed by atoms with Crippen molar-refractivity contribution in [2.75, 3.05) is 0 Å². The SMILES string of the molecule is Cc1c(C)[n+]([O-])c(-c2ccc([N+](=O)[O-])cc2)n1O. The molecule has 2 aromatic rings. The minimum Gasteiger partial charge on any atom is -0.710 e. The summed E-state index contributed by atoms with van der Waals surface area (Å²) in [5.74, 6) is 0.0416. The van der Waals surface area contributed by atoms with Crippen LogP contribution in [-0.2, 0) is 0 Å². The minimum atomic E-state index is -0.524. The number of imidazole rings is 1. The topological polar surface area (TPSA) is 95.2 Å². The van der Waals surface area contributed by atoms with E-state index in [1.54, 1.807) is 13.8 Å². The molecule has 0 fully saturated rings. The summed E-state index contributed by atoms with van der Waals surface area (Å²) in [6.07, 6.45) is 0. The molecule has 2 rings (SSSR count). The Hall–Kier alpha value is -2.57. The molecule has 0 aliphatic heterocycles. The zero-order valence-electron chi connectivity index (χ0n) is 9.82. The van der Waals surface area contributed by atoms with Gasteiger partial charge >= 0.3 is 5.82 Å². The molecular weight excluding hydrogens is 238 g/mol. The molecule has 0 aliphatic rings. The number of aromatic nitrogens is 2. The maximum absolute atomic E-state index is 11.8. The third-order valence-electron chi connectivity index (χ3n) is 2.88. The predicted molar refractivity (Wildman–Crippen MR) is 62.1 cm³/mol. The minimum absolute atomic E-state index is 0.0416. The van der Waals surface area contributed by atoms with Gasteiger partial charge in [-0.3, -0.25) is 10.1 Å². The quantitative estimate of drug-likeness (QED) is 0.287. The summed E-state index contributed by atoms with van der Waals surface area (Å²) in [4.78, 5) is 10.0. The number of nitro groups is 1. The Kier molecular flexibility index (Phi) is 2.66. The van der Waals surface area contributed by atoms with Crippen LogP contribution < -0.4 is 4.73 Å². The van der Waals surface area contributed by atoms with Gasteiger partial charge in [-0.2, -0.15) is 0 Å². The molecule has 1 aromatic carbocycles. The molecule has 7 heteroatoms. The Morgan fingerprint density at radius 1 is 1.28 bits per heavy atom. The van der Waals surface area contributed by atoms with Gasteiger partial charge in [0.1, 0.15) is 5.69 Å². The molecule has 7 nitrogen and oxygen atoms in total. The smallest absolute Gasteiger partial charge is 0.331 e. The third kappa shape index (κ3) is 1.65. The standard InChI is InChI=1S/C11H11N3O4/c1-7-8(2)13(16)11(12(7)15)9-3-5-10(6-4-9)14(17)18/h3-6,15H,1-2H3. The molecule has 0 radical (unpaired) electrons. The summed E-state index contributed by atoms with van der Waals surface area (Å²) in [7, 11) is 0. The first-order chi connectivity index (χ1) is 8.43. The highest BCUT2D eigenvalue weighted by molar-refractivity contribution is 5.56. The first-order valence-electron chi connectivity index (χ1n) is 5.19. The maximum atomic E-state index is 11.8. The summed E-state index contributed by atoms with van der Waals surface area (Å²) in [5.41, 5.74) is 1.15. The fourth-order valence-corrected chi connectivity index (χ4v) is 1.68. The van der Waals surface area contributed by atoms with Crippen LogP contribution in [0.25, 0.3) is 11.4 Å². The molecule has 0 unspecified atom stereocenters. The van der Waals surface area contributed by atoms with Crippen LogP contribution in [0.3, 0.4) is 0 Å². The van der Waals surface area contributed by atoms with Gasteiger partial charge < -0.3 is 10.4 Å². The molecule has 0 amide bonds. The van der Waals surface area contributed by atoms with E-state index in [1.165, 1.54) is 24.3 Å². The van der Waals surface area contributed by atoms with Crippen molar-refractivity contribution in [1.82, 2.24) is 4.73 Å². The highest BCUT2D eigenvalue weighted by atomic mass is 16.6. The normalized spacial score (nSPS) is 10.6. The lowest BCUT2D eigenvalue weighted by Gasteiger charge is -2.03. The summed E-state index contributed by atoms with van der Waals surface area (Å²) in [5, 5.41) is 32.1. The molecule has 0 bridgehead atoms. The van der Waals surface area contributed by atoms with Crippen LogP contribution in [0.1, 0.15) is 11.4 Å². The number of nitrogens with zero attached hydrogens (tertiary/aromatic N) is 3. The van der Waals surface area contributed by atoms with E-state index in [1.807, 2.05) is 0 Å². The van der Waals surface area contributed by atoms with E-state index in [9.17, 15) is 20.5 Å². The van der Waals surface area contributed by atoms with Crippen LogP contribution >= 0.6 is 0 Å². The van der Waals surface area contributed by atoms with Gasteiger partial charge in [-0.1, -0.05) is 0 Å². The monoisotopic (exact) mass is 249 g/mol. The Balaban J connectivity index is 2.56. The second-order valence-electron chi connectivity index (χ2n) is 3.90. The van der Waals surface area contributed by atoms with Crippen LogP contribution in [0.15, 0.2) is 24.3 Å². The third-order valence-corrected chi connectivity index (χ3v) is 2.88. The second-order valence-corrected chi connectivity index (χ2v) is 3.90. The number of non-ortho nitro benzene ring substituents is 1. The predicted octanol–water partition coefficient (Wildman–Crippen LogP) is 1.55. The van der Waals surface area contributed by atoms with Crippen molar-refractivity contribution in [3.63, 3.8) is 0 Å². The van der Waals surface area contributed by atoms with E-state index < -0.39 is 4.92 Å². The Labute approximate surface area is 102 Å². The van der Waals surface area contributed by atoms with Crippen LogP contribution in [-0.4, -0.2) is 14.9 Å². The molecule has 1 heterocycles. The van der Waals surface area contributed by atoms with Crippen LogP contribution in [0.5, 0.6) is 0 Å². The van der Waals surface area contributed by atoms with Crippen molar-refractivity contribution in [3.05, 3.63) is 51.0 Å². The van der Waals surface area contributed by atoms with Crippen LogP contribution in [0, 0.1) is 29.2 Å². The number of benzene rings is 1. The lowest BCUT2D eigenvalue weighted by Crippen LogP contribution is -2.30. The summed E-state index contributed by atoms with van der Waals surface area (Å²) >= 11 is 0. The van der Waals surface area contributed by atoms with Gasteiger partial charge in [-0.05, 0) is 16.9 Å². The van der Waals surface area contributed by atoms with Crippen molar-refractivity contribution in [1.29, 1.82) is 0 Å². The van der Waals surface area contributed by atoms with Crippen molar-refractivity contribution in [2.24, 2.45) is 0 Å². The van der Waals surface area contributed by atoms with E-state index in [0.29, 0.717) is 21.7 Å². The molecule has 0 saturated carbocycles. The molecule has 1 aromatic heterocycles. The summed E-state index contributed by atoms with van der Waals surface area (Å²) in [6.45, 7) is 3.20. The molecule has 94 valence electrons. The average Bonchev–Trinajstić information content (AvgIpc) is 2.54. The number of nitro benzene ring substituents is 1. The summed E-state index contributed by atoms with van der Waals surface area (Å²) < 4.78 is 1.37. The molecule has 0 aliphatic carbocycles. The zero-order valence-corrected chi connectivity index (χ0v) is 9.82. The van der Waals surface area contributed by atoms with E-state index in [4.69, 9.17) is 0 Å². The van der Waals surface area contributed by atoms with Crippen molar-refractivity contribution in [3.8, 4) is 11.4 Å². The highest BCUT2D eigenvalue weighted by Crippen LogP contribution is 2.21. The molecule has 0 spiro atoms. The average molecular weight is 249 g/mol. The summed E-state index contributed by atoms with van der Waals surface area (Å²) in [6, 6.07) is 5.42. The van der Waals surface area contributed by atoms with E-state index in [2.05, 4.69) is 0 Å². The second kappa shape index (κ2) is 4.02. The fraction of sp³-hybridized carbons (Fsp3) is 0.182. The van der Waals surface area contributed by atoms with Gasteiger partial charge in [0.15, 0.2) is 5.69 Å². The Morgan fingerprint density at radius 2 is 1.83 bits per heavy atom. The first kappa shape index (κ1) is 11.9. The number of hydrogen-bond donors (Lipinski definition) is 1. The lowest BCUT2D eigenvalue weighted by atomic mass is 10.2. The van der Waals surface area contributed by atoms with Crippen molar-refractivity contribution >= 4 is 5.69 Å². The number of rotatable bonds is 2. The van der Waals surface area contributed by atoms with Gasteiger partial charge in [0.2, 0.25) is 0 Å². The Bertz CT molecular complexity index is 591. The number of hydrogen-bond acceptors (Lipinski definition) is 4. The fourth-order valence-electron chi connectivity index (χ4n) is 1.68. The van der Waals surface area contributed by atoms with E-state index in [-0.39, 0.29) is 11.5 Å². The van der Waals surface area contributed by atoms with Gasteiger partial charge in [-0.25, -0.2) is 4.73 Å². The van der Waals surface area contributed by atoms with Crippen LogP contribution in [0.2, 0.25) is 0 Å². The van der Waals surface area contributed by atoms with Crippen LogP contribution in [0.4, 0.5) is 5.69 Å². The molecule has 1 N–H and O–H groups in total. The maximum Gasteiger partial charge on any atom is 0.331 e. The van der Waals surface area contributed by atoms with Gasteiger partial charge in [0.25, 0.3) is 5.69 Å². The highest BCUT2D eigenvalue weighted by Gasteiger charge is 2.23. The molecule has 0 atom stereocenters. The van der Waals surface area contributed by atoms with Gasteiger partial charge in [0, 0.05) is 26.0 Å². The van der Waals surface area contributed by atoms with E-state index in [0.717, 1.165) is 4.73 Å². The lowest BCUT2D eigenvalue weighted by molar-refractivity contribution is -0.600. The first-order valence-corrected chi connectivity index (χ1v) is 5.19.